The molecule has 4 nitrogen and oxygen atoms in total. The number of carbonyl (C=O) groups is 1. The number of hydrogen-bond donors (Lipinski definition) is 2. The molecule has 0 saturated heterocycles. The van der Waals surface area contributed by atoms with E-state index >= 15 is 0 Å². The fraction of sp³-hybridized carbons (Fsp3) is 0.381. The van der Waals surface area contributed by atoms with Crippen molar-refractivity contribution in [1.29, 1.82) is 0 Å². The van der Waals surface area contributed by atoms with Crippen molar-refractivity contribution in [3.05, 3.63) is 65.5 Å². The van der Waals surface area contributed by atoms with Gasteiger partial charge in [0.25, 0.3) is 0 Å². The number of carbonyl (C=O) groups excluding carboxylic acids is 1. The van der Waals surface area contributed by atoms with Gasteiger partial charge in [0.1, 0.15) is 11.6 Å². The molecule has 7 heteroatoms. The van der Waals surface area contributed by atoms with E-state index in [1.165, 1.54) is 24.3 Å². The lowest BCUT2D eigenvalue weighted by atomic mass is 9.96. The third-order valence-corrected chi connectivity index (χ3v) is 4.26. The second kappa shape index (κ2) is 10.7. The van der Waals surface area contributed by atoms with Crippen LogP contribution in [0.15, 0.2) is 48.5 Å². The van der Waals surface area contributed by atoms with E-state index in [1.54, 1.807) is 24.3 Å². The maximum atomic E-state index is 13.1. The van der Waals surface area contributed by atoms with Crippen molar-refractivity contribution in [2.24, 2.45) is 5.92 Å². The number of amides is 1. The molecular formula is C21H25F3N2O2. The second-order valence-electron chi connectivity index (χ2n) is 6.78. The van der Waals surface area contributed by atoms with Crippen molar-refractivity contribution in [1.82, 2.24) is 10.6 Å². The number of rotatable bonds is 10. The predicted molar refractivity (Wildman–Crippen MR) is 102 cm³/mol. The van der Waals surface area contributed by atoms with Crippen molar-refractivity contribution >= 4 is 5.91 Å². The topological polar surface area (TPSA) is 50.4 Å². The van der Waals surface area contributed by atoms with Gasteiger partial charge in [-0.15, -0.1) is 0 Å². The summed E-state index contributed by atoms with van der Waals surface area (Å²) in [7, 11) is 0. The van der Waals surface area contributed by atoms with Crippen molar-refractivity contribution < 1.29 is 22.7 Å². The summed E-state index contributed by atoms with van der Waals surface area (Å²) in [6, 6.07) is 12.5. The zero-order valence-electron chi connectivity index (χ0n) is 15.9. The van der Waals surface area contributed by atoms with Gasteiger partial charge < -0.3 is 15.4 Å². The summed E-state index contributed by atoms with van der Waals surface area (Å²) >= 11 is 0. The summed E-state index contributed by atoms with van der Waals surface area (Å²) in [5.41, 5.74) is 1.83. The van der Waals surface area contributed by atoms with Crippen LogP contribution in [-0.4, -0.2) is 25.6 Å². The Morgan fingerprint density at radius 1 is 1.04 bits per heavy atom. The minimum Gasteiger partial charge on any atom is -0.435 e. The van der Waals surface area contributed by atoms with Gasteiger partial charge in [0, 0.05) is 12.6 Å². The normalized spacial score (nSPS) is 12.2. The van der Waals surface area contributed by atoms with Crippen LogP contribution in [0.4, 0.5) is 13.2 Å². The molecule has 1 atom stereocenters. The van der Waals surface area contributed by atoms with E-state index in [4.69, 9.17) is 0 Å². The van der Waals surface area contributed by atoms with Crippen molar-refractivity contribution in [2.75, 3.05) is 13.1 Å². The Morgan fingerprint density at radius 2 is 1.68 bits per heavy atom. The Kier molecular flexibility index (Phi) is 8.32. The molecule has 0 bridgehead atoms. The fourth-order valence-corrected chi connectivity index (χ4v) is 2.86. The Hall–Kier alpha value is -2.54. The first-order valence-electron chi connectivity index (χ1n) is 9.14. The number of hydrogen-bond acceptors (Lipinski definition) is 3. The predicted octanol–water partition coefficient (Wildman–Crippen LogP) is 4.07. The molecule has 0 aromatic heterocycles. The molecule has 2 rings (SSSR count). The van der Waals surface area contributed by atoms with Crippen LogP contribution in [0.25, 0.3) is 0 Å². The van der Waals surface area contributed by atoms with Gasteiger partial charge in [-0.1, -0.05) is 38.1 Å². The molecule has 0 heterocycles. The largest absolute Gasteiger partial charge is 0.435 e. The molecule has 152 valence electrons. The summed E-state index contributed by atoms with van der Waals surface area (Å²) in [5, 5.41) is 6.03. The van der Waals surface area contributed by atoms with Crippen LogP contribution in [0.2, 0.25) is 0 Å². The Morgan fingerprint density at radius 3 is 2.25 bits per heavy atom. The van der Waals surface area contributed by atoms with Gasteiger partial charge in [-0.25, -0.2) is 4.39 Å². The second-order valence-corrected chi connectivity index (χ2v) is 6.78. The van der Waals surface area contributed by atoms with Gasteiger partial charge in [0.15, 0.2) is 0 Å². The van der Waals surface area contributed by atoms with Gasteiger partial charge in [-0.2, -0.15) is 8.78 Å². The Balaban J connectivity index is 1.76. The number of alkyl halides is 2. The van der Waals surface area contributed by atoms with Crippen LogP contribution in [0.5, 0.6) is 5.75 Å². The van der Waals surface area contributed by atoms with Crippen LogP contribution in [0.1, 0.15) is 31.0 Å². The smallest absolute Gasteiger partial charge is 0.387 e. The number of ether oxygens (including phenoxy) is 1. The van der Waals surface area contributed by atoms with E-state index in [1.807, 2.05) is 13.8 Å². The standard InChI is InChI=1S/C21H25F3N2O2/c1-14(2)20(16-5-7-17(22)8-6-16)26-13-19(27)25-12-11-15-3-9-18(10-4-15)28-21(23)24/h3-10,14,20-21,26H,11-13H2,1-2H3,(H,25,27)/t20-/m1/s1. The van der Waals surface area contributed by atoms with E-state index in [0.717, 1.165) is 11.1 Å². The summed E-state index contributed by atoms with van der Waals surface area (Å²) in [6.45, 7) is 1.78. The average molecular weight is 394 g/mol. The molecule has 0 spiro atoms. The molecule has 0 fully saturated rings. The highest BCUT2D eigenvalue weighted by atomic mass is 19.3. The molecule has 2 aromatic carbocycles. The maximum Gasteiger partial charge on any atom is 0.387 e. The lowest BCUT2D eigenvalue weighted by Crippen LogP contribution is -2.38. The van der Waals surface area contributed by atoms with E-state index in [0.29, 0.717) is 13.0 Å². The van der Waals surface area contributed by atoms with Crippen LogP contribution in [0, 0.1) is 11.7 Å². The van der Waals surface area contributed by atoms with Crippen molar-refractivity contribution in [3.63, 3.8) is 0 Å². The first-order valence-corrected chi connectivity index (χ1v) is 9.14. The van der Waals surface area contributed by atoms with Gasteiger partial charge >= 0.3 is 6.61 Å². The van der Waals surface area contributed by atoms with Gasteiger partial charge in [0.2, 0.25) is 5.91 Å². The molecule has 0 aliphatic heterocycles. The maximum absolute atomic E-state index is 13.1. The molecule has 0 unspecified atom stereocenters. The third kappa shape index (κ3) is 7.23. The van der Waals surface area contributed by atoms with Crippen molar-refractivity contribution in [3.8, 4) is 5.75 Å². The first kappa shape index (κ1) is 21.8. The molecule has 0 aliphatic carbocycles. The molecule has 0 radical (unpaired) electrons. The minimum absolute atomic E-state index is 0.0614. The van der Waals surface area contributed by atoms with E-state index in [9.17, 15) is 18.0 Å². The quantitative estimate of drug-likeness (QED) is 0.639. The van der Waals surface area contributed by atoms with Crippen molar-refractivity contribution in [2.45, 2.75) is 32.9 Å². The molecule has 0 aliphatic rings. The molecule has 28 heavy (non-hydrogen) atoms. The summed E-state index contributed by atoms with van der Waals surface area (Å²) < 4.78 is 41.6. The molecule has 0 saturated carbocycles. The average Bonchev–Trinajstić information content (AvgIpc) is 2.64. The highest BCUT2D eigenvalue weighted by Gasteiger charge is 2.16. The van der Waals surface area contributed by atoms with Crippen LogP contribution < -0.4 is 15.4 Å². The summed E-state index contributed by atoms with van der Waals surface area (Å²) in [6.07, 6.45) is 0.576. The van der Waals surface area contributed by atoms with Crippen LogP contribution in [-0.2, 0) is 11.2 Å². The highest BCUT2D eigenvalue weighted by molar-refractivity contribution is 5.78. The van der Waals surface area contributed by atoms with E-state index in [2.05, 4.69) is 15.4 Å². The van der Waals surface area contributed by atoms with Gasteiger partial charge in [-0.05, 0) is 47.7 Å². The molecule has 1 amide bonds. The van der Waals surface area contributed by atoms with Gasteiger partial charge in [-0.3, -0.25) is 4.79 Å². The zero-order chi connectivity index (χ0) is 20.5. The lowest BCUT2D eigenvalue weighted by molar-refractivity contribution is -0.120. The first-order chi connectivity index (χ1) is 13.3. The monoisotopic (exact) mass is 394 g/mol. The van der Waals surface area contributed by atoms with Crippen LogP contribution in [0.3, 0.4) is 0 Å². The van der Waals surface area contributed by atoms with E-state index in [-0.39, 0.29) is 36.0 Å². The van der Waals surface area contributed by atoms with Crippen LogP contribution >= 0.6 is 0 Å². The van der Waals surface area contributed by atoms with Gasteiger partial charge in [0.05, 0.1) is 6.54 Å². The fourth-order valence-electron chi connectivity index (χ4n) is 2.86. The molecule has 2 N–H and O–H groups in total. The Bertz CT molecular complexity index is 734. The Labute approximate surface area is 163 Å². The molecular weight excluding hydrogens is 369 g/mol. The number of halogens is 3. The number of nitrogens with one attached hydrogen (secondary N) is 2. The third-order valence-electron chi connectivity index (χ3n) is 4.26. The van der Waals surface area contributed by atoms with E-state index < -0.39 is 6.61 Å². The SMILES string of the molecule is CC(C)[C@@H](NCC(=O)NCCc1ccc(OC(F)F)cc1)c1ccc(F)cc1. The highest BCUT2D eigenvalue weighted by Crippen LogP contribution is 2.21. The zero-order valence-corrected chi connectivity index (χ0v) is 15.9. The minimum atomic E-state index is -2.85. The summed E-state index contributed by atoms with van der Waals surface area (Å²) in [4.78, 5) is 12.1. The lowest BCUT2D eigenvalue weighted by Gasteiger charge is -2.22. The number of benzene rings is 2. The molecule has 2 aromatic rings. The summed E-state index contributed by atoms with van der Waals surface area (Å²) in [5.74, 6) is -0.108.